The van der Waals surface area contributed by atoms with E-state index in [0.717, 1.165) is 38.3 Å². The predicted octanol–water partition coefficient (Wildman–Crippen LogP) is 3.20. The van der Waals surface area contributed by atoms with Gasteiger partial charge in [0.1, 0.15) is 0 Å². The number of nitrogens with one attached hydrogen (secondary N) is 1. The second-order valence-corrected chi connectivity index (χ2v) is 7.84. The summed E-state index contributed by atoms with van der Waals surface area (Å²) in [6, 6.07) is 8.84. The first-order chi connectivity index (χ1) is 11.7. The SMILES string of the molecule is CCNC(=NCC1(O)CCC1)N1CC2(CCCC2)c2ccccc21. The van der Waals surface area contributed by atoms with E-state index in [9.17, 15) is 5.11 Å². The first-order valence-corrected chi connectivity index (χ1v) is 9.54. The van der Waals surface area contributed by atoms with E-state index in [1.807, 2.05) is 0 Å². The van der Waals surface area contributed by atoms with E-state index < -0.39 is 5.60 Å². The number of aliphatic imine (C=N–C) groups is 1. The van der Waals surface area contributed by atoms with E-state index in [1.165, 1.54) is 36.9 Å². The number of guanidine groups is 1. The van der Waals surface area contributed by atoms with Crippen molar-refractivity contribution in [3.8, 4) is 0 Å². The largest absolute Gasteiger partial charge is 0.388 e. The van der Waals surface area contributed by atoms with E-state index in [4.69, 9.17) is 4.99 Å². The van der Waals surface area contributed by atoms with Crippen molar-refractivity contribution in [1.29, 1.82) is 0 Å². The second kappa shape index (κ2) is 6.07. The molecule has 0 saturated heterocycles. The van der Waals surface area contributed by atoms with Crippen LogP contribution >= 0.6 is 0 Å². The lowest BCUT2D eigenvalue weighted by Gasteiger charge is -2.35. The Bertz CT molecular complexity index is 630. The minimum atomic E-state index is -0.565. The highest BCUT2D eigenvalue weighted by Crippen LogP contribution is 2.50. The molecule has 4 rings (SSSR count). The van der Waals surface area contributed by atoms with Crippen LogP contribution in [-0.4, -0.2) is 36.3 Å². The Morgan fingerprint density at radius 3 is 2.58 bits per heavy atom. The van der Waals surface area contributed by atoms with Gasteiger partial charge in [0.25, 0.3) is 0 Å². The second-order valence-electron chi connectivity index (χ2n) is 7.84. The third-order valence-corrected chi connectivity index (χ3v) is 6.19. The molecule has 2 fully saturated rings. The average molecular weight is 327 g/mol. The molecule has 0 radical (unpaired) electrons. The van der Waals surface area contributed by atoms with Crippen molar-refractivity contribution >= 4 is 11.6 Å². The molecule has 1 aromatic rings. The fraction of sp³-hybridized carbons (Fsp3) is 0.650. The number of anilines is 1. The van der Waals surface area contributed by atoms with Gasteiger partial charge in [0.05, 0.1) is 12.1 Å². The normalized spacial score (nSPS) is 24.1. The van der Waals surface area contributed by atoms with Crippen LogP contribution in [0.15, 0.2) is 29.3 Å². The third kappa shape index (κ3) is 2.61. The zero-order valence-electron chi connectivity index (χ0n) is 14.7. The number of benzene rings is 1. The van der Waals surface area contributed by atoms with Crippen molar-refractivity contribution in [3.63, 3.8) is 0 Å². The van der Waals surface area contributed by atoms with Gasteiger partial charge in [-0.15, -0.1) is 0 Å². The van der Waals surface area contributed by atoms with Gasteiger partial charge in [-0.2, -0.15) is 0 Å². The number of para-hydroxylation sites is 1. The highest BCUT2D eigenvalue weighted by atomic mass is 16.3. The minimum absolute atomic E-state index is 0.306. The smallest absolute Gasteiger partial charge is 0.198 e. The van der Waals surface area contributed by atoms with Crippen LogP contribution in [0.4, 0.5) is 5.69 Å². The molecule has 0 atom stereocenters. The van der Waals surface area contributed by atoms with Crippen LogP contribution in [0, 0.1) is 0 Å². The predicted molar refractivity (Wildman–Crippen MR) is 98.7 cm³/mol. The summed E-state index contributed by atoms with van der Waals surface area (Å²) in [5, 5.41) is 13.9. The molecule has 4 heteroatoms. The highest BCUT2D eigenvalue weighted by Gasteiger charge is 2.45. The molecule has 2 aliphatic carbocycles. The topological polar surface area (TPSA) is 47.9 Å². The minimum Gasteiger partial charge on any atom is -0.388 e. The van der Waals surface area contributed by atoms with Gasteiger partial charge in [0, 0.05) is 24.2 Å². The summed E-state index contributed by atoms with van der Waals surface area (Å²) in [6.45, 7) is 4.50. The van der Waals surface area contributed by atoms with Crippen molar-refractivity contribution in [2.24, 2.45) is 4.99 Å². The van der Waals surface area contributed by atoms with E-state index >= 15 is 0 Å². The number of rotatable bonds is 3. The molecule has 0 unspecified atom stereocenters. The van der Waals surface area contributed by atoms with Gasteiger partial charge < -0.3 is 15.3 Å². The Morgan fingerprint density at radius 1 is 1.17 bits per heavy atom. The van der Waals surface area contributed by atoms with Crippen LogP contribution < -0.4 is 10.2 Å². The van der Waals surface area contributed by atoms with E-state index in [0.29, 0.717) is 12.0 Å². The molecule has 0 amide bonds. The van der Waals surface area contributed by atoms with E-state index in [2.05, 4.69) is 41.4 Å². The molecule has 1 aliphatic heterocycles. The summed E-state index contributed by atoms with van der Waals surface area (Å²) >= 11 is 0. The Morgan fingerprint density at radius 2 is 1.92 bits per heavy atom. The number of hydrogen-bond acceptors (Lipinski definition) is 2. The standard InChI is InChI=1S/C20H29N3O/c1-2-21-18(22-14-20(24)12-7-13-20)23-15-19(10-5-6-11-19)16-8-3-4-9-17(16)23/h3-4,8-9,24H,2,5-7,10-15H2,1H3,(H,21,22). The van der Waals surface area contributed by atoms with Crippen LogP contribution in [0.25, 0.3) is 0 Å². The van der Waals surface area contributed by atoms with Crippen LogP contribution in [0.5, 0.6) is 0 Å². The third-order valence-electron chi connectivity index (χ3n) is 6.19. The van der Waals surface area contributed by atoms with Gasteiger partial charge in [0.2, 0.25) is 0 Å². The van der Waals surface area contributed by atoms with Gasteiger partial charge in [-0.3, -0.25) is 0 Å². The molecule has 1 spiro atoms. The Balaban J connectivity index is 1.64. The number of aliphatic hydroxyl groups is 1. The van der Waals surface area contributed by atoms with Gasteiger partial charge in [-0.25, -0.2) is 4.99 Å². The molecular formula is C20H29N3O. The summed E-state index contributed by atoms with van der Waals surface area (Å²) < 4.78 is 0. The van der Waals surface area contributed by atoms with Crippen molar-refractivity contribution in [2.45, 2.75) is 62.9 Å². The molecule has 0 aromatic heterocycles. The first-order valence-electron chi connectivity index (χ1n) is 9.54. The molecule has 2 N–H and O–H groups in total. The molecule has 0 bridgehead atoms. The first kappa shape index (κ1) is 15.9. The number of hydrogen-bond donors (Lipinski definition) is 2. The summed E-state index contributed by atoms with van der Waals surface area (Å²) in [5.41, 5.74) is 2.54. The maximum atomic E-state index is 10.4. The average Bonchev–Trinajstić information content (AvgIpc) is 3.17. The molecule has 24 heavy (non-hydrogen) atoms. The molecule has 3 aliphatic rings. The Kier molecular flexibility index (Phi) is 4.03. The van der Waals surface area contributed by atoms with E-state index in [1.54, 1.807) is 0 Å². The maximum absolute atomic E-state index is 10.4. The molecule has 1 heterocycles. The maximum Gasteiger partial charge on any atom is 0.198 e. The lowest BCUT2D eigenvalue weighted by Crippen LogP contribution is -2.46. The van der Waals surface area contributed by atoms with Gasteiger partial charge in [0.15, 0.2) is 5.96 Å². The molecule has 1 aromatic carbocycles. The molecule has 130 valence electrons. The fourth-order valence-electron chi connectivity index (χ4n) is 4.66. The fourth-order valence-corrected chi connectivity index (χ4v) is 4.66. The van der Waals surface area contributed by atoms with Crippen LogP contribution in [0.1, 0.15) is 57.4 Å². The monoisotopic (exact) mass is 327 g/mol. The summed E-state index contributed by atoms with van der Waals surface area (Å²) in [7, 11) is 0. The quantitative estimate of drug-likeness (QED) is 0.662. The molecule has 2 saturated carbocycles. The van der Waals surface area contributed by atoms with Crippen LogP contribution in [0.2, 0.25) is 0 Å². The van der Waals surface area contributed by atoms with Gasteiger partial charge >= 0.3 is 0 Å². The Labute approximate surface area is 145 Å². The lowest BCUT2D eigenvalue weighted by molar-refractivity contribution is -0.0235. The van der Waals surface area contributed by atoms with Gasteiger partial charge in [-0.1, -0.05) is 31.0 Å². The van der Waals surface area contributed by atoms with Crippen LogP contribution in [-0.2, 0) is 5.41 Å². The number of fused-ring (bicyclic) bond motifs is 2. The van der Waals surface area contributed by atoms with Gasteiger partial charge in [-0.05, 0) is 50.7 Å². The van der Waals surface area contributed by atoms with Crippen molar-refractivity contribution in [1.82, 2.24) is 5.32 Å². The summed E-state index contributed by atoms with van der Waals surface area (Å²) in [4.78, 5) is 7.19. The lowest BCUT2D eigenvalue weighted by atomic mass is 9.80. The summed E-state index contributed by atoms with van der Waals surface area (Å²) in [5.74, 6) is 0.939. The zero-order chi connectivity index (χ0) is 16.6. The van der Waals surface area contributed by atoms with Crippen molar-refractivity contribution in [2.75, 3.05) is 24.5 Å². The van der Waals surface area contributed by atoms with E-state index in [-0.39, 0.29) is 0 Å². The highest BCUT2D eigenvalue weighted by molar-refractivity contribution is 5.98. The van der Waals surface area contributed by atoms with Crippen molar-refractivity contribution < 1.29 is 5.11 Å². The summed E-state index contributed by atoms with van der Waals surface area (Å²) in [6.07, 6.45) is 8.12. The van der Waals surface area contributed by atoms with Crippen LogP contribution in [0.3, 0.4) is 0 Å². The number of nitrogens with zero attached hydrogens (tertiary/aromatic N) is 2. The molecule has 4 nitrogen and oxygen atoms in total. The zero-order valence-corrected chi connectivity index (χ0v) is 14.7. The van der Waals surface area contributed by atoms with Crippen molar-refractivity contribution in [3.05, 3.63) is 29.8 Å². The Hall–Kier alpha value is -1.55. The molecular weight excluding hydrogens is 298 g/mol.